The third-order valence-corrected chi connectivity index (χ3v) is 7.49. The topological polar surface area (TPSA) is 53.7 Å². The molecule has 2 aromatic heterocycles. The largest absolute Gasteiger partial charge is 0.356 e. The summed E-state index contributed by atoms with van der Waals surface area (Å²) in [4.78, 5) is 22.6. The normalized spacial score (nSPS) is 21.2. The summed E-state index contributed by atoms with van der Waals surface area (Å²) in [5.74, 6) is 1.10. The van der Waals surface area contributed by atoms with Crippen molar-refractivity contribution in [1.82, 2.24) is 19.5 Å². The van der Waals surface area contributed by atoms with Crippen LogP contribution in [0, 0.1) is 25.6 Å². The van der Waals surface area contributed by atoms with Crippen LogP contribution in [0.15, 0.2) is 24.4 Å². The molecule has 2 aliphatic heterocycles. The molecule has 1 amide bonds. The minimum Gasteiger partial charge on any atom is -0.356 e. The highest BCUT2D eigenvalue weighted by atomic mass is 35.5. The molecule has 5 rings (SSSR count). The summed E-state index contributed by atoms with van der Waals surface area (Å²) in [6, 6.07) is 4.63. The Morgan fingerprint density at radius 3 is 2.76 bits per heavy atom. The number of amides is 1. The quantitative estimate of drug-likeness (QED) is 0.518. The van der Waals surface area contributed by atoms with Crippen LogP contribution in [0.25, 0.3) is 5.65 Å². The molecule has 2 saturated heterocycles. The van der Waals surface area contributed by atoms with Crippen LogP contribution in [0.3, 0.4) is 0 Å². The maximum atomic E-state index is 13.9. The molecule has 0 radical (unpaired) electrons. The summed E-state index contributed by atoms with van der Waals surface area (Å²) in [6.45, 7) is 8.60. The molecule has 1 aromatic carbocycles. The molecule has 174 valence electrons. The highest BCUT2D eigenvalue weighted by Gasteiger charge is 2.32. The number of benzene rings is 1. The Kier molecular flexibility index (Phi) is 5.77. The number of halogens is 2. The van der Waals surface area contributed by atoms with Gasteiger partial charge in [-0.3, -0.25) is 4.79 Å². The Bertz CT molecular complexity index is 1230. The van der Waals surface area contributed by atoms with E-state index in [9.17, 15) is 9.18 Å². The predicted octanol–water partition coefficient (Wildman–Crippen LogP) is 5.35. The monoisotopic (exact) mass is 469 g/mol. The number of hydrogen-bond donors (Lipinski definition) is 0. The number of carbonyl (C=O) groups is 1. The van der Waals surface area contributed by atoms with Crippen molar-refractivity contribution in [2.45, 2.75) is 52.5 Å². The smallest absolute Gasteiger partial charge is 0.255 e. The molecule has 2 fully saturated rings. The van der Waals surface area contributed by atoms with Crippen LogP contribution < -0.4 is 4.90 Å². The Morgan fingerprint density at radius 1 is 1.18 bits per heavy atom. The third kappa shape index (κ3) is 3.97. The SMILES string of the molecule is Cc1cn2nc([C@@H]3CCCCN3C(=O)c3ccc(F)c(C)c3Cl)cc2nc1N1CC[C@H](C)C1. The molecule has 4 heterocycles. The summed E-state index contributed by atoms with van der Waals surface area (Å²) in [7, 11) is 0. The molecule has 2 atom stereocenters. The molecule has 8 heteroatoms. The van der Waals surface area contributed by atoms with Crippen molar-refractivity contribution in [2.75, 3.05) is 24.5 Å². The van der Waals surface area contributed by atoms with Gasteiger partial charge in [-0.25, -0.2) is 13.9 Å². The first kappa shape index (κ1) is 22.1. The van der Waals surface area contributed by atoms with Crippen molar-refractivity contribution in [1.29, 1.82) is 0 Å². The van der Waals surface area contributed by atoms with E-state index in [1.165, 1.54) is 18.6 Å². The molecule has 3 aromatic rings. The Balaban J connectivity index is 1.48. The fourth-order valence-corrected chi connectivity index (χ4v) is 5.33. The number of likely N-dealkylation sites (tertiary alicyclic amines) is 1. The van der Waals surface area contributed by atoms with Crippen LogP contribution in [0.1, 0.15) is 65.8 Å². The third-order valence-electron chi connectivity index (χ3n) is 7.00. The van der Waals surface area contributed by atoms with E-state index in [-0.39, 0.29) is 17.0 Å². The Labute approximate surface area is 198 Å². The average Bonchev–Trinajstić information content (AvgIpc) is 3.42. The number of piperidine rings is 1. The van der Waals surface area contributed by atoms with Crippen molar-refractivity contribution in [3.63, 3.8) is 0 Å². The number of rotatable bonds is 3. The van der Waals surface area contributed by atoms with Gasteiger partial charge in [0.25, 0.3) is 5.91 Å². The summed E-state index contributed by atoms with van der Waals surface area (Å²) >= 11 is 6.36. The molecule has 0 N–H and O–H groups in total. The van der Waals surface area contributed by atoms with Gasteiger partial charge in [-0.2, -0.15) is 5.10 Å². The van der Waals surface area contributed by atoms with E-state index in [0.29, 0.717) is 23.6 Å². The Hall–Kier alpha value is -2.67. The van der Waals surface area contributed by atoms with Crippen LogP contribution >= 0.6 is 11.6 Å². The number of nitrogens with zero attached hydrogens (tertiary/aromatic N) is 5. The van der Waals surface area contributed by atoms with Crippen molar-refractivity contribution >= 4 is 29.0 Å². The van der Waals surface area contributed by atoms with Crippen molar-refractivity contribution < 1.29 is 9.18 Å². The molecule has 0 spiro atoms. The lowest BCUT2D eigenvalue weighted by Gasteiger charge is -2.35. The zero-order valence-corrected chi connectivity index (χ0v) is 20.1. The van der Waals surface area contributed by atoms with Gasteiger partial charge in [0.05, 0.1) is 22.3 Å². The zero-order valence-electron chi connectivity index (χ0n) is 19.3. The number of aryl methyl sites for hydroxylation is 1. The molecule has 0 unspecified atom stereocenters. The zero-order chi connectivity index (χ0) is 23.3. The van der Waals surface area contributed by atoms with E-state index in [0.717, 1.165) is 55.1 Å². The van der Waals surface area contributed by atoms with Gasteiger partial charge in [-0.05, 0) is 57.6 Å². The highest BCUT2D eigenvalue weighted by molar-refractivity contribution is 6.34. The minimum absolute atomic E-state index is 0.162. The summed E-state index contributed by atoms with van der Waals surface area (Å²) < 4.78 is 15.7. The average molecular weight is 470 g/mol. The fraction of sp³-hybridized carbons (Fsp3) is 0.480. The second-order valence-corrected chi connectivity index (χ2v) is 9.88. The maximum absolute atomic E-state index is 13.9. The lowest BCUT2D eigenvalue weighted by Crippen LogP contribution is -2.39. The van der Waals surface area contributed by atoms with Gasteiger partial charge >= 0.3 is 0 Å². The number of hydrogen-bond acceptors (Lipinski definition) is 4. The number of carbonyl (C=O) groups excluding carboxylic acids is 1. The van der Waals surface area contributed by atoms with Gasteiger partial charge in [-0.1, -0.05) is 18.5 Å². The van der Waals surface area contributed by atoms with E-state index in [1.54, 1.807) is 6.92 Å². The van der Waals surface area contributed by atoms with Crippen LogP contribution in [0.4, 0.5) is 10.2 Å². The molecular weight excluding hydrogens is 441 g/mol. The van der Waals surface area contributed by atoms with Crippen molar-refractivity contribution in [2.24, 2.45) is 5.92 Å². The van der Waals surface area contributed by atoms with E-state index >= 15 is 0 Å². The second-order valence-electron chi connectivity index (χ2n) is 9.50. The van der Waals surface area contributed by atoms with Crippen LogP contribution in [-0.4, -0.2) is 45.0 Å². The number of fused-ring (bicyclic) bond motifs is 1. The summed E-state index contributed by atoms with van der Waals surface area (Å²) in [5, 5.41) is 4.99. The van der Waals surface area contributed by atoms with E-state index < -0.39 is 5.82 Å². The van der Waals surface area contributed by atoms with Gasteiger partial charge in [-0.15, -0.1) is 0 Å². The minimum atomic E-state index is -0.406. The van der Waals surface area contributed by atoms with Crippen molar-refractivity contribution in [3.8, 4) is 0 Å². The van der Waals surface area contributed by atoms with E-state index in [4.69, 9.17) is 21.7 Å². The highest BCUT2D eigenvalue weighted by Crippen LogP contribution is 2.34. The maximum Gasteiger partial charge on any atom is 0.255 e. The molecule has 6 nitrogen and oxygen atoms in total. The first-order valence-corrected chi connectivity index (χ1v) is 12.1. The molecule has 0 aliphatic carbocycles. The van der Waals surface area contributed by atoms with E-state index in [1.807, 2.05) is 21.7 Å². The number of anilines is 1. The molecule has 2 aliphatic rings. The van der Waals surface area contributed by atoms with Crippen LogP contribution in [0.5, 0.6) is 0 Å². The first-order chi connectivity index (χ1) is 15.8. The lowest BCUT2D eigenvalue weighted by atomic mass is 9.98. The standard InChI is InChI=1S/C25H29ClFN5O/c1-15-9-11-30(13-15)24-16(2)14-32-22(28-24)12-20(29-32)21-6-4-5-10-31(21)25(33)18-7-8-19(27)17(3)23(18)26/h7-8,12,14-15,21H,4-6,9-11,13H2,1-3H3/t15-,21-/m0/s1. The molecule has 0 bridgehead atoms. The van der Waals surface area contributed by atoms with Gasteiger partial charge in [0, 0.05) is 43.0 Å². The van der Waals surface area contributed by atoms with Gasteiger partial charge in [0.1, 0.15) is 11.6 Å². The first-order valence-electron chi connectivity index (χ1n) is 11.7. The van der Waals surface area contributed by atoms with Gasteiger partial charge < -0.3 is 9.80 Å². The Morgan fingerprint density at radius 2 is 2.00 bits per heavy atom. The molecule has 33 heavy (non-hydrogen) atoms. The summed E-state index contributed by atoms with van der Waals surface area (Å²) in [5.41, 5.74) is 3.35. The van der Waals surface area contributed by atoms with Crippen molar-refractivity contribution in [3.05, 3.63) is 57.6 Å². The second kappa shape index (κ2) is 8.60. The van der Waals surface area contributed by atoms with E-state index in [2.05, 4.69) is 18.7 Å². The molecular formula is C25H29ClFN5O. The van der Waals surface area contributed by atoms with Crippen LogP contribution in [0.2, 0.25) is 5.02 Å². The number of aromatic nitrogens is 3. The summed E-state index contributed by atoms with van der Waals surface area (Å²) in [6.07, 6.45) is 5.97. The van der Waals surface area contributed by atoms with Crippen LogP contribution in [-0.2, 0) is 0 Å². The molecule has 0 saturated carbocycles. The van der Waals surface area contributed by atoms with Gasteiger partial charge in [0.15, 0.2) is 5.65 Å². The fourth-order valence-electron chi connectivity index (χ4n) is 5.09. The lowest BCUT2D eigenvalue weighted by molar-refractivity contribution is 0.0605. The van der Waals surface area contributed by atoms with Gasteiger partial charge in [0.2, 0.25) is 0 Å². The predicted molar refractivity (Wildman–Crippen MR) is 127 cm³/mol.